The molecule has 0 saturated heterocycles. The summed E-state index contributed by atoms with van der Waals surface area (Å²) >= 11 is 2.37. The van der Waals surface area contributed by atoms with Crippen LogP contribution in [0.4, 0.5) is 0 Å². The summed E-state index contributed by atoms with van der Waals surface area (Å²) in [5, 5.41) is 0. The van der Waals surface area contributed by atoms with Gasteiger partial charge < -0.3 is 37.3 Å². The van der Waals surface area contributed by atoms with Gasteiger partial charge in [0.05, 0.1) is 0 Å². The Balaban J connectivity index is -0.000000845. The molecular formula is C9H21I2NaO3Si. The van der Waals surface area contributed by atoms with Gasteiger partial charge in [0.15, 0.2) is 0 Å². The smallest absolute Gasteiger partial charge is 1.00 e. The third-order valence-electron chi connectivity index (χ3n) is 1.71. The first kappa shape index (κ1) is 23.6. The molecule has 0 radical (unpaired) electrons. The predicted octanol–water partition coefficient (Wildman–Crippen LogP) is -3.13. The molecule has 94 valence electrons. The summed E-state index contributed by atoms with van der Waals surface area (Å²) < 4.78 is 18.2. The van der Waals surface area contributed by atoms with E-state index < -0.39 is 8.80 Å². The molecule has 0 amide bonds. The van der Waals surface area contributed by atoms with Gasteiger partial charge in [0.25, 0.3) is 0 Å². The quantitative estimate of drug-likeness (QED) is 0.198. The van der Waals surface area contributed by atoms with Crippen LogP contribution in [0.15, 0.2) is 0 Å². The van der Waals surface area contributed by atoms with Crippen LogP contribution in [0.25, 0.3) is 0 Å². The van der Waals surface area contributed by atoms with Gasteiger partial charge in [0, 0.05) is 25.9 Å². The molecule has 16 heavy (non-hydrogen) atoms. The first-order valence-corrected chi connectivity index (χ1v) is 8.68. The molecule has 0 aromatic heterocycles. The van der Waals surface area contributed by atoms with Crippen LogP contribution in [0.3, 0.4) is 0 Å². The van der Waals surface area contributed by atoms with Gasteiger partial charge in [0.2, 0.25) is 0 Å². The number of hydrogen-bond acceptors (Lipinski definition) is 3. The molecule has 0 spiro atoms. The van der Waals surface area contributed by atoms with Crippen molar-refractivity contribution < 1.29 is 66.8 Å². The molecule has 0 bridgehead atoms. The van der Waals surface area contributed by atoms with E-state index in [0.29, 0.717) is 19.8 Å². The maximum Gasteiger partial charge on any atom is 1.00 e. The molecule has 0 aliphatic rings. The topological polar surface area (TPSA) is 27.7 Å². The fourth-order valence-corrected chi connectivity index (χ4v) is 5.00. The Bertz CT molecular complexity index is 127. The molecule has 0 aliphatic carbocycles. The Morgan fingerprint density at radius 2 is 1.31 bits per heavy atom. The normalized spacial score (nSPS) is 10.5. The average molecular weight is 482 g/mol. The molecule has 3 nitrogen and oxygen atoms in total. The van der Waals surface area contributed by atoms with E-state index in [1.807, 2.05) is 20.8 Å². The molecule has 0 heterocycles. The first-order chi connectivity index (χ1) is 6.74. The van der Waals surface area contributed by atoms with E-state index in [1.54, 1.807) is 0 Å². The molecule has 7 heteroatoms. The fraction of sp³-hybridized carbons (Fsp3) is 1.00. The molecule has 0 aromatic carbocycles. The summed E-state index contributed by atoms with van der Waals surface area (Å²) in [7, 11) is -2.32. The monoisotopic (exact) mass is 482 g/mol. The molecule has 0 aliphatic heterocycles. The van der Waals surface area contributed by atoms with Crippen molar-refractivity contribution in [1.29, 1.82) is 0 Å². The second-order valence-corrected chi connectivity index (χ2v) is 6.59. The van der Waals surface area contributed by atoms with Crippen LogP contribution >= 0.6 is 22.6 Å². The van der Waals surface area contributed by atoms with Crippen molar-refractivity contribution >= 4 is 31.4 Å². The molecule has 0 N–H and O–H groups in total. The summed E-state index contributed by atoms with van der Waals surface area (Å²) in [4.78, 5) is 0. The van der Waals surface area contributed by atoms with Crippen LogP contribution in [0, 0.1) is 0 Å². The maximum absolute atomic E-state index is 5.70. The minimum absolute atomic E-state index is 0. The predicted molar refractivity (Wildman–Crippen MR) is 68.9 cm³/mol. The number of alkyl halides is 1. The van der Waals surface area contributed by atoms with Gasteiger partial charge in [-0.1, -0.05) is 22.6 Å². The second-order valence-electron chi connectivity index (χ2n) is 2.77. The molecule has 0 unspecified atom stereocenters. The Morgan fingerprint density at radius 3 is 1.56 bits per heavy atom. The number of halogens is 2. The van der Waals surface area contributed by atoms with Crippen molar-refractivity contribution in [3.8, 4) is 0 Å². The summed E-state index contributed by atoms with van der Waals surface area (Å²) in [6.07, 6.45) is 1.10. The van der Waals surface area contributed by atoms with E-state index in [0.717, 1.165) is 16.9 Å². The Hall–Kier alpha value is 2.56. The second kappa shape index (κ2) is 15.6. The molecule has 0 atom stereocenters. The van der Waals surface area contributed by atoms with Crippen LogP contribution in [0.1, 0.15) is 27.2 Å². The zero-order chi connectivity index (χ0) is 10.9. The van der Waals surface area contributed by atoms with Crippen molar-refractivity contribution in [3.05, 3.63) is 0 Å². The van der Waals surface area contributed by atoms with E-state index in [1.165, 1.54) is 0 Å². The zero-order valence-corrected chi connectivity index (χ0v) is 18.0. The minimum Gasteiger partial charge on any atom is -1.00 e. The SMILES string of the molecule is CCO[Si](CCCI)(OCC)OCC.[I-].[Na+]. The van der Waals surface area contributed by atoms with Crippen molar-refractivity contribution in [2.45, 2.75) is 33.2 Å². The van der Waals surface area contributed by atoms with Gasteiger partial charge in [-0.25, -0.2) is 0 Å². The van der Waals surface area contributed by atoms with E-state index in [-0.39, 0.29) is 53.5 Å². The molecule has 0 aromatic rings. The van der Waals surface area contributed by atoms with Gasteiger partial charge in [-0.15, -0.1) is 0 Å². The van der Waals surface area contributed by atoms with Gasteiger partial charge in [0.1, 0.15) is 0 Å². The first-order valence-electron chi connectivity index (χ1n) is 5.22. The summed E-state index contributed by atoms with van der Waals surface area (Å²) in [5.41, 5.74) is 0. The van der Waals surface area contributed by atoms with Gasteiger partial charge in [-0.2, -0.15) is 0 Å². The standard InChI is InChI=1S/C9H21IO3Si.HI.Na/c1-4-11-14(12-5-2,13-6-3)9-7-8-10;;/h4-9H2,1-3H3;1H;/q;;+1/p-1. The van der Waals surface area contributed by atoms with Crippen LogP contribution in [-0.4, -0.2) is 33.1 Å². The van der Waals surface area contributed by atoms with Gasteiger partial charge in [-0.3, -0.25) is 0 Å². The Labute approximate surface area is 154 Å². The largest absolute Gasteiger partial charge is 1.00 e. The number of rotatable bonds is 9. The Morgan fingerprint density at radius 1 is 0.938 bits per heavy atom. The Kier molecular flexibility index (Phi) is 23.1. The summed E-state index contributed by atoms with van der Waals surface area (Å²) in [5.74, 6) is 0. The van der Waals surface area contributed by atoms with Gasteiger partial charge >= 0.3 is 38.4 Å². The van der Waals surface area contributed by atoms with Crippen molar-refractivity contribution in [3.63, 3.8) is 0 Å². The molecule has 0 saturated carbocycles. The van der Waals surface area contributed by atoms with Gasteiger partial charge in [-0.05, 0) is 31.6 Å². The summed E-state index contributed by atoms with van der Waals surface area (Å²) in [6, 6.07) is 0.936. The van der Waals surface area contributed by atoms with E-state index >= 15 is 0 Å². The third-order valence-corrected chi connectivity index (χ3v) is 5.62. The van der Waals surface area contributed by atoms with Crippen LogP contribution in [0.2, 0.25) is 6.04 Å². The van der Waals surface area contributed by atoms with Crippen molar-refractivity contribution in [2.75, 3.05) is 24.2 Å². The zero-order valence-electron chi connectivity index (χ0n) is 10.7. The molecular weight excluding hydrogens is 461 g/mol. The van der Waals surface area contributed by atoms with Crippen LogP contribution in [-0.2, 0) is 13.3 Å². The fourth-order valence-electron chi connectivity index (χ4n) is 1.28. The average Bonchev–Trinajstić information content (AvgIpc) is 2.16. The molecule has 0 fully saturated rings. The minimum atomic E-state index is -2.32. The van der Waals surface area contributed by atoms with Crippen molar-refractivity contribution in [2.24, 2.45) is 0 Å². The van der Waals surface area contributed by atoms with E-state index in [2.05, 4.69) is 22.6 Å². The maximum atomic E-state index is 5.70. The number of hydrogen-bond donors (Lipinski definition) is 0. The van der Waals surface area contributed by atoms with Crippen molar-refractivity contribution in [1.82, 2.24) is 0 Å². The molecule has 0 rings (SSSR count). The third kappa shape index (κ3) is 10.5. The van der Waals surface area contributed by atoms with Crippen LogP contribution < -0.4 is 53.5 Å². The van der Waals surface area contributed by atoms with E-state index in [4.69, 9.17) is 13.3 Å². The van der Waals surface area contributed by atoms with E-state index in [9.17, 15) is 0 Å². The van der Waals surface area contributed by atoms with Crippen LogP contribution in [0.5, 0.6) is 0 Å². The summed E-state index contributed by atoms with van der Waals surface area (Å²) in [6.45, 7) is 7.99.